The Balaban J connectivity index is 1.30. The molecule has 0 unspecified atom stereocenters. The Morgan fingerprint density at radius 2 is 1.92 bits per heavy atom. The second kappa shape index (κ2) is 6.39. The van der Waals surface area contributed by atoms with Crippen molar-refractivity contribution in [1.82, 2.24) is 5.32 Å². The zero-order valence-electron chi connectivity index (χ0n) is 14.2. The highest BCUT2D eigenvalue weighted by atomic mass is 16.3. The Kier molecular flexibility index (Phi) is 4.07. The third-order valence-electron chi connectivity index (χ3n) is 5.13. The van der Waals surface area contributed by atoms with Crippen LogP contribution in [0.4, 0.5) is 5.69 Å². The van der Waals surface area contributed by atoms with Gasteiger partial charge >= 0.3 is 0 Å². The summed E-state index contributed by atoms with van der Waals surface area (Å²) in [5, 5.41) is 5.71. The van der Waals surface area contributed by atoms with Crippen molar-refractivity contribution >= 4 is 17.5 Å². The molecular formula is C20H22N2O3. The molecule has 5 nitrogen and oxygen atoms in total. The SMILES string of the molecule is C[C@@H]1C[C@H]1c1ccc(CNc2ccc(C[C@@H]3CC(=O)NC3=O)cc2)o1. The molecule has 2 aliphatic rings. The first-order chi connectivity index (χ1) is 12.1. The van der Waals surface area contributed by atoms with Crippen molar-refractivity contribution in [2.75, 3.05) is 5.32 Å². The van der Waals surface area contributed by atoms with Crippen molar-refractivity contribution in [1.29, 1.82) is 0 Å². The van der Waals surface area contributed by atoms with Crippen LogP contribution >= 0.6 is 0 Å². The van der Waals surface area contributed by atoms with Crippen molar-refractivity contribution in [2.45, 2.75) is 38.6 Å². The summed E-state index contributed by atoms with van der Waals surface area (Å²) in [6, 6.07) is 12.1. The summed E-state index contributed by atoms with van der Waals surface area (Å²) in [6.07, 6.45) is 2.12. The summed E-state index contributed by atoms with van der Waals surface area (Å²) >= 11 is 0. The zero-order valence-corrected chi connectivity index (χ0v) is 14.2. The molecule has 3 atom stereocenters. The second-order valence-corrected chi connectivity index (χ2v) is 7.19. The summed E-state index contributed by atoms with van der Waals surface area (Å²) in [5.74, 6) is 2.82. The zero-order chi connectivity index (χ0) is 17.4. The molecule has 1 aromatic carbocycles. The molecule has 2 amide bonds. The van der Waals surface area contributed by atoms with E-state index in [1.807, 2.05) is 30.3 Å². The van der Waals surface area contributed by atoms with Gasteiger partial charge < -0.3 is 9.73 Å². The van der Waals surface area contributed by atoms with Crippen molar-refractivity contribution in [3.8, 4) is 0 Å². The van der Waals surface area contributed by atoms with E-state index >= 15 is 0 Å². The van der Waals surface area contributed by atoms with Gasteiger partial charge in [-0.1, -0.05) is 19.1 Å². The van der Waals surface area contributed by atoms with E-state index in [4.69, 9.17) is 4.42 Å². The molecule has 4 rings (SSSR count). The number of furan rings is 1. The van der Waals surface area contributed by atoms with Crippen molar-refractivity contribution in [3.63, 3.8) is 0 Å². The first-order valence-corrected chi connectivity index (χ1v) is 8.83. The molecule has 1 aliphatic heterocycles. The third kappa shape index (κ3) is 3.60. The monoisotopic (exact) mass is 338 g/mol. The first-order valence-electron chi connectivity index (χ1n) is 8.83. The first kappa shape index (κ1) is 15.9. The van der Waals surface area contributed by atoms with Crippen LogP contribution in [0, 0.1) is 11.8 Å². The quantitative estimate of drug-likeness (QED) is 0.793. The van der Waals surface area contributed by atoms with Crippen LogP contribution < -0.4 is 10.6 Å². The fourth-order valence-electron chi connectivity index (χ4n) is 3.41. The molecule has 0 radical (unpaired) electrons. The van der Waals surface area contributed by atoms with Crippen molar-refractivity contribution < 1.29 is 14.0 Å². The average molecular weight is 338 g/mol. The summed E-state index contributed by atoms with van der Waals surface area (Å²) in [7, 11) is 0. The highest BCUT2D eigenvalue weighted by molar-refractivity contribution is 6.03. The molecule has 2 aromatic rings. The van der Waals surface area contributed by atoms with Crippen molar-refractivity contribution in [3.05, 3.63) is 53.5 Å². The molecule has 1 saturated carbocycles. The van der Waals surface area contributed by atoms with Gasteiger partial charge in [0, 0.05) is 18.0 Å². The minimum absolute atomic E-state index is 0.161. The van der Waals surface area contributed by atoms with Crippen LogP contribution in [0.3, 0.4) is 0 Å². The van der Waals surface area contributed by atoms with E-state index in [0.717, 1.165) is 28.7 Å². The predicted molar refractivity (Wildman–Crippen MR) is 94.0 cm³/mol. The number of hydrogen-bond donors (Lipinski definition) is 2. The lowest BCUT2D eigenvalue weighted by atomic mass is 9.98. The number of amides is 2. The largest absolute Gasteiger partial charge is 0.464 e. The van der Waals surface area contributed by atoms with Gasteiger partial charge in [-0.15, -0.1) is 0 Å². The van der Waals surface area contributed by atoms with Gasteiger partial charge in [0.15, 0.2) is 0 Å². The van der Waals surface area contributed by atoms with Crippen LogP contribution in [-0.4, -0.2) is 11.8 Å². The van der Waals surface area contributed by atoms with E-state index in [0.29, 0.717) is 25.3 Å². The molecule has 5 heteroatoms. The molecule has 0 spiro atoms. The highest BCUT2D eigenvalue weighted by Crippen LogP contribution is 2.47. The lowest BCUT2D eigenvalue weighted by Gasteiger charge is -2.08. The Labute approximate surface area is 146 Å². The molecule has 1 aromatic heterocycles. The van der Waals surface area contributed by atoms with Gasteiger partial charge in [-0.2, -0.15) is 0 Å². The number of benzene rings is 1. The Morgan fingerprint density at radius 1 is 1.16 bits per heavy atom. The van der Waals surface area contributed by atoms with E-state index in [1.54, 1.807) is 0 Å². The fraction of sp³-hybridized carbons (Fsp3) is 0.400. The fourth-order valence-corrected chi connectivity index (χ4v) is 3.41. The molecule has 2 fully saturated rings. The topological polar surface area (TPSA) is 71.3 Å². The number of anilines is 1. The standard InChI is InChI=1S/C20H22N2O3/c1-12-8-17(12)18-7-6-16(25-18)11-21-15-4-2-13(3-5-15)9-14-10-19(23)22-20(14)24/h2-7,12,14,17,21H,8-11H2,1H3,(H,22,23,24)/t12-,14-,17-/m1/s1. The molecule has 2 heterocycles. The number of rotatable bonds is 6. The average Bonchev–Trinajstić information content (AvgIpc) is 3.01. The van der Waals surface area contributed by atoms with Crippen LogP contribution in [0.15, 0.2) is 40.8 Å². The van der Waals surface area contributed by atoms with E-state index in [2.05, 4.69) is 23.6 Å². The van der Waals surface area contributed by atoms with Gasteiger partial charge in [0.05, 0.1) is 12.5 Å². The number of carbonyl (C=O) groups excluding carboxylic acids is 2. The Morgan fingerprint density at radius 3 is 2.56 bits per heavy atom. The van der Waals surface area contributed by atoms with Crippen LogP contribution in [0.5, 0.6) is 0 Å². The van der Waals surface area contributed by atoms with Gasteiger partial charge in [0.1, 0.15) is 11.5 Å². The number of imide groups is 1. The maximum atomic E-state index is 11.6. The van der Waals surface area contributed by atoms with Gasteiger partial charge in [-0.25, -0.2) is 0 Å². The molecular weight excluding hydrogens is 316 g/mol. The van der Waals surface area contributed by atoms with E-state index in [1.165, 1.54) is 6.42 Å². The Bertz CT molecular complexity index is 794. The molecule has 1 aliphatic carbocycles. The molecule has 0 bridgehead atoms. The van der Waals surface area contributed by atoms with E-state index in [-0.39, 0.29) is 17.7 Å². The summed E-state index contributed by atoms with van der Waals surface area (Å²) in [6.45, 7) is 2.90. The maximum Gasteiger partial charge on any atom is 0.230 e. The number of hydrogen-bond acceptors (Lipinski definition) is 4. The van der Waals surface area contributed by atoms with Crippen LogP contribution in [0.1, 0.15) is 42.8 Å². The van der Waals surface area contributed by atoms with Crippen LogP contribution in [0.25, 0.3) is 0 Å². The predicted octanol–water partition coefficient (Wildman–Crippen LogP) is 3.22. The van der Waals surface area contributed by atoms with E-state index < -0.39 is 0 Å². The van der Waals surface area contributed by atoms with Gasteiger partial charge in [-0.05, 0) is 48.6 Å². The molecule has 130 valence electrons. The normalized spacial score (nSPS) is 25.1. The van der Waals surface area contributed by atoms with Crippen LogP contribution in [-0.2, 0) is 22.6 Å². The summed E-state index contributed by atoms with van der Waals surface area (Å²) < 4.78 is 5.90. The molecule has 1 saturated heterocycles. The molecule has 2 N–H and O–H groups in total. The maximum absolute atomic E-state index is 11.6. The molecule has 25 heavy (non-hydrogen) atoms. The Hall–Kier alpha value is -2.56. The second-order valence-electron chi connectivity index (χ2n) is 7.19. The minimum Gasteiger partial charge on any atom is -0.464 e. The van der Waals surface area contributed by atoms with E-state index in [9.17, 15) is 9.59 Å². The minimum atomic E-state index is -0.238. The summed E-state index contributed by atoms with van der Waals surface area (Å²) in [4.78, 5) is 22.9. The number of nitrogens with one attached hydrogen (secondary N) is 2. The van der Waals surface area contributed by atoms with Gasteiger partial charge in [0.25, 0.3) is 0 Å². The lowest BCUT2D eigenvalue weighted by Crippen LogP contribution is -2.22. The van der Waals surface area contributed by atoms with Crippen molar-refractivity contribution in [2.24, 2.45) is 11.8 Å². The lowest BCUT2D eigenvalue weighted by molar-refractivity contribution is -0.125. The number of carbonyl (C=O) groups is 2. The smallest absolute Gasteiger partial charge is 0.230 e. The third-order valence-corrected chi connectivity index (χ3v) is 5.13. The van der Waals surface area contributed by atoms with Crippen LogP contribution in [0.2, 0.25) is 0 Å². The highest BCUT2D eigenvalue weighted by Gasteiger charge is 2.36. The van der Waals surface area contributed by atoms with Gasteiger partial charge in [-0.3, -0.25) is 14.9 Å². The van der Waals surface area contributed by atoms with Gasteiger partial charge in [0.2, 0.25) is 11.8 Å². The summed E-state index contributed by atoms with van der Waals surface area (Å²) in [5.41, 5.74) is 2.07.